The second-order valence-corrected chi connectivity index (χ2v) is 4.06. The van der Waals surface area contributed by atoms with Crippen LogP contribution in [0.3, 0.4) is 0 Å². The molecule has 2 N–H and O–H groups in total. The van der Waals surface area contributed by atoms with E-state index in [1.807, 2.05) is 31.2 Å². The highest BCUT2D eigenvalue weighted by Gasteiger charge is 2.24. The predicted molar refractivity (Wildman–Crippen MR) is 65.7 cm³/mol. The highest BCUT2D eigenvalue weighted by atomic mass is 35.5. The molecule has 0 saturated heterocycles. The van der Waals surface area contributed by atoms with Crippen LogP contribution in [0.25, 0.3) is 0 Å². The summed E-state index contributed by atoms with van der Waals surface area (Å²) in [6.07, 6.45) is 0.859. The normalized spacial score (nSPS) is 10.7. The quantitative estimate of drug-likeness (QED) is 0.807. The fourth-order valence-corrected chi connectivity index (χ4v) is 1.40. The molecule has 15 heavy (non-hydrogen) atoms. The third-order valence-corrected chi connectivity index (χ3v) is 2.23. The van der Waals surface area contributed by atoms with Gasteiger partial charge < -0.3 is 5.73 Å². The van der Waals surface area contributed by atoms with Crippen LogP contribution in [0.1, 0.15) is 36.7 Å². The molecule has 1 rings (SSSR count). The van der Waals surface area contributed by atoms with Crippen molar-refractivity contribution in [3.8, 4) is 0 Å². The molecule has 84 valence electrons. The third kappa shape index (κ3) is 3.33. The van der Waals surface area contributed by atoms with Gasteiger partial charge in [-0.25, -0.2) is 0 Å². The summed E-state index contributed by atoms with van der Waals surface area (Å²) < 4.78 is 0. The highest BCUT2D eigenvalue weighted by Crippen LogP contribution is 2.15. The Bertz CT molecular complexity index is 342. The number of halogens is 1. The zero-order valence-corrected chi connectivity index (χ0v) is 10.2. The largest absolute Gasteiger partial charge is 0.319 e. The Kier molecular flexibility index (Phi) is 4.98. The molecule has 0 atom stereocenters. The molecule has 3 heteroatoms. The number of carbonyl (C=O) groups excluding carboxylic acids is 1. The van der Waals surface area contributed by atoms with Crippen LogP contribution in [-0.2, 0) is 6.42 Å². The average molecular weight is 228 g/mol. The van der Waals surface area contributed by atoms with Gasteiger partial charge in [0.05, 0.1) is 5.54 Å². The topological polar surface area (TPSA) is 43.1 Å². The molecule has 0 aliphatic rings. The van der Waals surface area contributed by atoms with E-state index in [1.165, 1.54) is 0 Å². The summed E-state index contributed by atoms with van der Waals surface area (Å²) in [6, 6.07) is 7.63. The van der Waals surface area contributed by atoms with Crippen LogP contribution < -0.4 is 5.73 Å². The lowest BCUT2D eigenvalue weighted by Crippen LogP contribution is -2.41. The number of ketones is 1. The molecule has 0 bridgehead atoms. The van der Waals surface area contributed by atoms with E-state index in [0.29, 0.717) is 0 Å². The van der Waals surface area contributed by atoms with Gasteiger partial charge in [-0.15, -0.1) is 12.4 Å². The summed E-state index contributed by atoms with van der Waals surface area (Å²) in [7, 11) is 0. The number of carbonyl (C=O) groups is 1. The van der Waals surface area contributed by atoms with Crippen LogP contribution in [0.5, 0.6) is 0 Å². The molecule has 0 saturated carbocycles. The van der Waals surface area contributed by atoms with Gasteiger partial charge >= 0.3 is 0 Å². The van der Waals surface area contributed by atoms with Crippen LogP contribution in [0.2, 0.25) is 0 Å². The molecular formula is C12H18ClNO. The Morgan fingerprint density at radius 3 is 2.33 bits per heavy atom. The summed E-state index contributed by atoms with van der Waals surface area (Å²) >= 11 is 0. The van der Waals surface area contributed by atoms with Crippen LogP contribution in [0.15, 0.2) is 24.3 Å². The van der Waals surface area contributed by atoms with E-state index in [4.69, 9.17) is 5.73 Å². The second kappa shape index (κ2) is 5.29. The van der Waals surface area contributed by atoms with Crippen LogP contribution in [0.4, 0.5) is 0 Å². The van der Waals surface area contributed by atoms with Crippen molar-refractivity contribution in [1.82, 2.24) is 0 Å². The fourth-order valence-electron chi connectivity index (χ4n) is 1.40. The van der Waals surface area contributed by atoms with Gasteiger partial charge in [0.1, 0.15) is 0 Å². The smallest absolute Gasteiger partial charge is 0.182 e. The molecule has 0 aliphatic heterocycles. The van der Waals surface area contributed by atoms with Crippen molar-refractivity contribution < 1.29 is 4.79 Å². The van der Waals surface area contributed by atoms with Crippen molar-refractivity contribution in [2.45, 2.75) is 32.7 Å². The number of Topliss-reactive ketones (excluding diaryl/α,β-unsaturated/α-hetero) is 1. The Labute approximate surface area is 97.3 Å². The summed E-state index contributed by atoms with van der Waals surface area (Å²) in [5, 5.41) is 0. The molecule has 1 aromatic rings. The van der Waals surface area contributed by atoms with E-state index in [1.54, 1.807) is 13.8 Å². The molecule has 0 heterocycles. The molecule has 0 aliphatic carbocycles. The minimum Gasteiger partial charge on any atom is -0.319 e. The van der Waals surface area contributed by atoms with Crippen molar-refractivity contribution in [3.63, 3.8) is 0 Å². The molecule has 1 aromatic carbocycles. The van der Waals surface area contributed by atoms with Crippen molar-refractivity contribution in [1.29, 1.82) is 0 Å². The van der Waals surface area contributed by atoms with Gasteiger partial charge in [-0.3, -0.25) is 4.79 Å². The Hall–Kier alpha value is -0.860. The zero-order chi connectivity index (χ0) is 10.8. The first kappa shape index (κ1) is 14.1. The Morgan fingerprint density at radius 2 is 1.87 bits per heavy atom. The minimum absolute atomic E-state index is 0. The zero-order valence-electron chi connectivity index (χ0n) is 9.41. The van der Waals surface area contributed by atoms with E-state index < -0.39 is 5.54 Å². The maximum Gasteiger partial charge on any atom is 0.182 e. The molecule has 2 nitrogen and oxygen atoms in total. The molecule has 0 spiro atoms. The van der Waals surface area contributed by atoms with Crippen LogP contribution in [0, 0.1) is 0 Å². The first-order valence-electron chi connectivity index (χ1n) is 4.88. The maximum absolute atomic E-state index is 11.9. The van der Waals surface area contributed by atoms with Gasteiger partial charge in [0, 0.05) is 5.56 Å². The van der Waals surface area contributed by atoms with Gasteiger partial charge in [0.15, 0.2) is 5.78 Å². The van der Waals surface area contributed by atoms with Crippen molar-refractivity contribution in [2.24, 2.45) is 5.73 Å². The number of hydrogen-bond acceptors (Lipinski definition) is 2. The lowest BCUT2D eigenvalue weighted by atomic mass is 9.90. The second-order valence-electron chi connectivity index (χ2n) is 4.06. The summed E-state index contributed by atoms with van der Waals surface area (Å²) in [5.41, 5.74) is 6.82. The lowest BCUT2D eigenvalue weighted by molar-refractivity contribution is 0.0912. The molecule has 0 unspecified atom stereocenters. The monoisotopic (exact) mass is 227 g/mol. The SMILES string of the molecule is CCc1ccccc1C(=O)C(C)(C)N.Cl. The van der Waals surface area contributed by atoms with E-state index in [2.05, 4.69) is 0 Å². The van der Waals surface area contributed by atoms with Crippen molar-refractivity contribution in [2.75, 3.05) is 0 Å². The third-order valence-electron chi connectivity index (χ3n) is 2.23. The average Bonchev–Trinajstić information content (AvgIpc) is 2.15. The fraction of sp³-hybridized carbons (Fsp3) is 0.417. The molecular weight excluding hydrogens is 210 g/mol. The number of hydrogen-bond donors (Lipinski definition) is 1. The van der Waals surface area contributed by atoms with Gasteiger partial charge in [0.25, 0.3) is 0 Å². The van der Waals surface area contributed by atoms with E-state index in [0.717, 1.165) is 17.5 Å². The van der Waals surface area contributed by atoms with Gasteiger partial charge in [0.2, 0.25) is 0 Å². The highest BCUT2D eigenvalue weighted by molar-refractivity contribution is 6.03. The first-order chi connectivity index (χ1) is 6.46. The first-order valence-corrected chi connectivity index (χ1v) is 4.88. The van der Waals surface area contributed by atoms with Gasteiger partial charge in [-0.2, -0.15) is 0 Å². The summed E-state index contributed by atoms with van der Waals surface area (Å²) in [5.74, 6) is 0.00921. The van der Waals surface area contributed by atoms with Crippen LogP contribution >= 0.6 is 12.4 Å². The molecule has 0 radical (unpaired) electrons. The van der Waals surface area contributed by atoms with Gasteiger partial charge in [-0.05, 0) is 25.8 Å². The number of benzene rings is 1. The summed E-state index contributed by atoms with van der Waals surface area (Å²) in [4.78, 5) is 11.9. The van der Waals surface area contributed by atoms with Gasteiger partial charge in [-0.1, -0.05) is 31.2 Å². The number of aryl methyl sites for hydroxylation is 1. The van der Waals surface area contributed by atoms with Crippen molar-refractivity contribution >= 4 is 18.2 Å². The predicted octanol–water partition coefficient (Wildman–Crippen LogP) is 2.59. The molecule has 0 fully saturated rings. The Morgan fingerprint density at radius 1 is 1.33 bits per heavy atom. The molecule has 0 aromatic heterocycles. The molecule has 0 amide bonds. The van der Waals surface area contributed by atoms with E-state index in [-0.39, 0.29) is 18.2 Å². The van der Waals surface area contributed by atoms with E-state index in [9.17, 15) is 4.79 Å². The minimum atomic E-state index is -0.786. The summed E-state index contributed by atoms with van der Waals surface area (Å²) in [6.45, 7) is 5.51. The maximum atomic E-state index is 11.9. The van der Waals surface area contributed by atoms with E-state index >= 15 is 0 Å². The standard InChI is InChI=1S/C12H17NO.ClH/c1-4-9-7-5-6-8-10(9)11(14)12(2,3)13;/h5-8H,4,13H2,1-3H3;1H. The Balaban J connectivity index is 0.00000196. The number of rotatable bonds is 3. The number of nitrogens with two attached hydrogens (primary N) is 1. The van der Waals surface area contributed by atoms with Crippen LogP contribution in [-0.4, -0.2) is 11.3 Å². The lowest BCUT2D eigenvalue weighted by Gasteiger charge is -2.18. The van der Waals surface area contributed by atoms with Crippen molar-refractivity contribution in [3.05, 3.63) is 35.4 Å².